The monoisotopic (exact) mass is 261 g/mol. The first-order valence-electron chi connectivity index (χ1n) is 5.38. The maximum absolute atomic E-state index is 13.0. The van der Waals surface area contributed by atoms with E-state index in [1.54, 1.807) is 6.07 Å². The highest BCUT2D eigenvalue weighted by Crippen LogP contribution is 2.17. The molecule has 4 heteroatoms. The Morgan fingerprint density at radius 3 is 2.94 bits per heavy atom. The summed E-state index contributed by atoms with van der Waals surface area (Å²) in [7, 11) is 0. The number of benzene rings is 1. The average Bonchev–Trinajstić information content (AvgIpc) is 2.27. The fraction of sp³-hybridized carbons (Fsp3) is 0.500. The minimum atomic E-state index is -0.239. The molecule has 0 bridgehead atoms. The molecule has 1 aromatic carbocycles. The Bertz CT molecular complexity index is 333. The van der Waals surface area contributed by atoms with Crippen molar-refractivity contribution < 1.29 is 4.39 Å². The van der Waals surface area contributed by atoms with Gasteiger partial charge in [-0.05, 0) is 36.4 Å². The van der Waals surface area contributed by atoms with Crippen molar-refractivity contribution in [2.45, 2.75) is 26.4 Å². The van der Waals surface area contributed by atoms with Crippen molar-refractivity contribution in [3.05, 3.63) is 34.6 Å². The second-order valence-electron chi connectivity index (χ2n) is 3.68. The number of rotatable bonds is 6. The molecular formula is C12H17ClFNS. The first-order valence-corrected chi connectivity index (χ1v) is 6.91. The predicted octanol–water partition coefficient (Wildman–Crippen LogP) is 3.71. The maximum atomic E-state index is 13.0. The van der Waals surface area contributed by atoms with Crippen LogP contribution in [0.5, 0.6) is 0 Å². The molecule has 0 aliphatic rings. The van der Waals surface area contributed by atoms with Crippen molar-refractivity contribution in [2.24, 2.45) is 0 Å². The van der Waals surface area contributed by atoms with Gasteiger partial charge in [-0.25, -0.2) is 4.39 Å². The van der Waals surface area contributed by atoms with Gasteiger partial charge >= 0.3 is 0 Å². The van der Waals surface area contributed by atoms with Crippen molar-refractivity contribution >= 4 is 23.4 Å². The fourth-order valence-electron chi connectivity index (χ4n) is 1.32. The van der Waals surface area contributed by atoms with E-state index in [9.17, 15) is 4.39 Å². The Labute approximate surface area is 106 Å². The van der Waals surface area contributed by atoms with Gasteiger partial charge in [0.05, 0.1) is 0 Å². The minimum absolute atomic E-state index is 0.239. The largest absolute Gasteiger partial charge is 0.309 e. The molecule has 0 radical (unpaired) electrons. The van der Waals surface area contributed by atoms with E-state index >= 15 is 0 Å². The van der Waals surface area contributed by atoms with Gasteiger partial charge in [0.25, 0.3) is 0 Å². The van der Waals surface area contributed by atoms with Gasteiger partial charge in [-0.1, -0.05) is 18.5 Å². The average molecular weight is 262 g/mol. The molecule has 1 aromatic rings. The molecule has 0 saturated heterocycles. The van der Waals surface area contributed by atoms with Gasteiger partial charge in [-0.15, -0.1) is 0 Å². The zero-order valence-electron chi connectivity index (χ0n) is 9.59. The number of halogens is 2. The number of hydrogen-bond acceptors (Lipinski definition) is 2. The molecule has 1 nitrogen and oxygen atoms in total. The number of nitrogens with one attached hydrogen (secondary N) is 1. The SMILES string of the molecule is CCSCC(C)NCc1cc(F)ccc1Cl. The zero-order chi connectivity index (χ0) is 12.0. The highest BCUT2D eigenvalue weighted by atomic mass is 35.5. The van der Waals surface area contributed by atoms with E-state index < -0.39 is 0 Å². The highest BCUT2D eigenvalue weighted by Gasteiger charge is 2.05. The second kappa shape index (κ2) is 7.15. The standard InChI is InChI=1S/C12H17ClFNS/c1-3-16-8-9(2)15-7-10-6-11(14)4-5-12(10)13/h4-6,9,15H,3,7-8H2,1-2H3. The van der Waals surface area contributed by atoms with Crippen LogP contribution in [0.3, 0.4) is 0 Å². The van der Waals surface area contributed by atoms with E-state index in [4.69, 9.17) is 11.6 Å². The molecule has 0 aromatic heterocycles. The van der Waals surface area contributed by atoms with Gasteiger partial charge in [0, 0.05) is 23.4 Å². The van der Waals surface area contributed by atoms with E-state index in [2.05, 4.69) is 19.2 Å². The van der Waals surface area contributed by atoms with Gasteiger partial charge in [0.1, 0.15) is 5.82 Å². The normalized spacial score (nSPS) is 12.8. The van der Waals surface area contributed by atoms with Crippen molar-refractivity contribution in [3.63, 3.8) is 0 Å². The van der Waals surface area contributed by atoms with Crippen LogP contribution >= 0.6 is 23.4 Å². The predicted molar refractivity (Wildman–Crippen MR) is 70.7 cm³/mol. The highest BCUT2D eigenvalue weighted by molar-refractivity contribution is 7.99. The van der Waals surface area contributed by atoms with Crippen LogP contribution in [0.25, 0.3) is 0 Å². The van der Waals surface area contributed by atoms with E-state index in [0.29, 0.717) is 17.6 Å². The summed E-state index contributed by atoms with van der Waals surface area (Å²) in [5.41, 5.74) is 0.815. The van der Waals surface area contributed by atoms with Crippen LogP contribution < -0.4 is 5.32 Å². The first-order chi connectivity index (χ1) is 7.63. The fourth-order valence-corrected chi connectivity index (χ4v) is 2.21. The van der Waals surface area contributed by atoms with Gasteiger partial charge in [-0.2, -0.15) is 11.8 Å². The number of thioether (sulfide) groups is 1. The molecule has 0 spiro atoms. The third kappa shape index (κ3) is 4.73. The Hall–Kier alpha value is -0.250. The summed E-state index contributed by atoms with van der Waals surface area (Å²) >= 11 is 7.86. The molecule has 0 amide bonds. The van der Waals surface area contributed by atoms with E-state index in [-0.39, 0.29) is 5.82 Å². The van der Waals surface area contributed by atoms with Gasteiger partial charge in [-0.3, -0.25) is 0 Å². The Balaban J connectivity index is 2.44. The van der Waals surface area contributed by atoms with Crippen LogP contribution in [-0.2, 0) is 6.54 Å². The van der Waals surface area contributed by atoms with Crippen LogP contribution in [0.15, 0.2) is 18.2 Å². The lowest BCUT2D eigenvalue weighted by molar-refractivity contribution is 0.587. The molecule has 1 unspecified atom stereocenters. The Morgan fingerprint density at radius 1 is 1.50 bits per heavy atom. The van der Waals surface area contributed by atoms with E-state index in [1.807, 2.05) is 11.8 Å². The second-order valence-corrected chi connectivity index (χ2v) is 5.40. The van der Waals surface area contributed by atoms with Gasteiger partial charge in [0.2, 0.25) is 0 Å². The maximum Gasteiger partial charge on any atom is 0.123 e. The minimum Gasteiger partial charge on any atom is -0.309 e. The molecule has 90 valence electrons. The van der Waals surface area contributed by atoms with Crippen LogP contribution in [0.4, 0.5) is 4.39 Å². The van der Waals surface area contributed by atoms with Crippen molar-refractivity contribution in [1.29, 1.82) is 0 Å². The lowest BCUT2D eigenvalue weighted by Crippen LogP contribution is -2.27. The lowest BCUT2D eigenvalue weighted by atomic mass is 10.2. The third-order valence-corrected chi connectivity index (χ3v) is 3.73. The molecule has 1 N–H and O–H groups in total. The van der Waals surface area contributed by atoms with Crippen LogP contribution in [0.2, 0.25) is 5.02 Å². The summed E-state index contributed by atoms with van der Waals surface area (Å²) < 4.78 is 13.0. The molecular weight excluding hydrogens is 245 g/mol. The molecule has 0 aliphatic heterocycles. The smallest absolute Gasteiger partial charge is 0.123 e. The van der Waals surface area contributed by atoms with Crippen molar-refractivity contribution in [1.82, 2.24) is 5.32 Å². The van der Waals surface area contributed by atoms with Crippen molar-refractivity contribution in [3.8, 4) is 0 Å². The summed E-state index contributed by atoms with van der Waals surface area (Å²) in [6.45, 7) is 4.87. The molecule has 1 atom stereocenters. The molecule has 16 heavy (non-hydrogen) atoms. The quantitative estimate of drug-likeness (QED) is 0.838. The molecule has 0 heterocycles. The van der Waals surface area contributed by atoms with Crippen molar-refractivity contribution in [2.75, 3.05) is 11.5 Å². The number of hydrogen-bond donors (Lipinski definition) is 1. The molecule has 0 fully saturated rings. The van der Waals surface area contributed by atoms with E-state index in [0.717, 1.165) is 17.1 Å². The van der Waals surface area contributed by atoms with Crippen LogP contribution in [-0.4, -0.2) is 17.5 Å². The Kier molecular flexibility index (Phi) is 6.17. The summed E-state index contributed by atoms with van der Waals surface area (Å²) in [4.78, 5) is 0. The summed E-state index contributed by atoms with van der Waals surface area (Å²) in [5, 5.41) is 3.94. The topological polar surface area (TPSA) is 12.0 Å². The zero-order valence-corrected chi connectivity index (χ0v) is 11.2. The summed E-state index contributed by atoms with van der Waals surface area (Å²) in [5.74, 6) is 1.94. The summed E-state index contributed by atoms with van der Waals surface area (Å²) in [6, 6.07) is 4.86. The van der Waals surface area contributed by atoms with E-state index in [1.165, 1.54) is 12.1 Å². The molecule has 1 rings (SSSR count). The van der Waals surface area contributed by atoms with Gasteiger partial charge < -0.3 is 5.32 Å². The Morgan fingerprint density at radius 2 is 2.25 bits per heavy atom. The van der Waals surface area contributed by atoms with Crippen LogP contribution in [0, 0.1) is 5.82 Å². The lowest BCUT2D eigenvalue weighted by Gasteiger charge is -2.13. The molecule has 0 aliphatic carbocycles. The first kappa shape index (κ1) is 13.8. The molecule has 0 saturated carbocycles. The third-order valence-electron chi connectivity index (χ3n) is 2.22. The summed E-state index contributed by atoms with van der Waals surface area (Å²) in [6.07, 6.45) is 0. The van der Waals surface area contributed by atoms with Crippen LogP contribution in [0.1, 0.15) is 19.4 Å². The van der Waals surface area contributed by atoms with Gasteiger partial charge in [0.15, 0.2) is 0 Å².